The van der Waals surface area contributed by atoms with E-state index in [1.54, 1.807) is 6.20 Å². The maximum Gasteiger partial charge on any atom is 0.230 e. The highest BCUT2D eigenvalue weighted by molar-refractivity contribution is 5.59. The number of hydrogen-bond donors (Lipinski definition) is 3. The summed E-state index contributed by atoms with van der Waals surface area (Å²) >= 11 is 0. The highest BCUT2D eigenvalue weighted by atomic mass is 15.1. The number of nitrogens with zero attached hydrogens (tertiary/aromatic N) is 4. The van der Waals surface area contributed by atoms with Gasteiger partial charge in [-0.1, -0.05) is 12.1 Å². The summed E-state index contributed by atoms with van der Waals surface area (Å²) in [5.41, 5.74) is 4.23. The van der Waals surface area contributed by atoms with Crippen LogP contribution in [0.15, 0.2) is 49.1 Å². The van der Waals surface area contributed by atoms with Gasteiger partial charge in [-0.05, 0) is 55.6 Å². The van der Waals surface area contributed by atoms with Crippen LogP contribution in [-0.2, 0) is 13.0 Å². The van der Waals surface area contributed by atoms with E-state index in [-0.39, 0.29) is 6.17 Å². The minimum Gasteiger partial charge on any atom is -0.324 e. The number of pyridine rings is 1. The van der Waals surface area contributed by atoms with Crippen molar-refractivity contribution in [2.75, 3.05) is 11.9 Å². The number of anilines is 2. The third-order valence-corrected chi connectivity index (χ3v) is 4.51. The molecular formula is C20H23N7. The summed E-state index contributed by atoms with van der Waals surface area (Å²) in [5, 5.41) is 10.3. The molecule has 1 unspecified atom stereocenters. The third-order valence-electron chi connectivity index (χ3n) is 4.51. The molecule has 6 bridgehead atoms. The van der Waals surface area contributed by atoms with Crippen molar-refractivity contribution in [3.05, 3.63) is 60.2 Å². The van der Waals surface area contributed by atoms with E-state index in [0.29, 0.717) is 11.8 Å². The van der Waals surface area contributed by atoms with Gasteiger partial charge in [0.15, 0.2) is 5.82 Å². The minimum atomic E-state index is 0.240. The molecule has 0 fully saturated rings. The van der Waals surface area contributed by atoms with Crippen molar-refractivity contribution in [2.45, 2.75) is 32.5 Å². The molecule has 0 amide bonds. The zero-order valence-electron chi connectivity index (χ0n) is 15.3. The predicted molar refractivity (Wildman–Crippen MR) is 105 cm³/mol. The van der Waals surface area contributed by atoms with E-state index in [0.717, 1.165) is 37.2 Å². The molecule has 27 heavy (non-hydrogen) atoms. The number of hydrogen-bond acceptors (Lipinski definition) is 7. The standard InChI is InChI=1S/C20H23N7/c1-14-22-7-3-5-15-8-17(12-21-10-15)19-24-13-25-20(27-19)26-18-6-2-4-16(9-18)11-23-14/h2,4,6,8-10,12-14,22-23H,3,5,7,11H2,1H3,(H,24,25,26,27). The molecule has 3 N–H and O–H groups in total. The highest BCUT2D eigenvalue weighted by Crippen LogP contribution is 2.19. The lowest BCUT2D eigenvalue weighted by atomic mass is 10.1. The summed E-state index contributed by atoms with van der Waals surface area (Å²) in [6, 6.07) is 10.3. The molecule has 7 heteroatoms. The Kier molecular flexibility index (Phi) is 5.32. The normalized spacial score (nSPS) is 17.6. The van der Waals surface area contributed by atoms with Gasteiger partial charge in [-0.3, -0.25) is 10.3 Å². The second-order valence-electron chi connectivity index (χ2n) is 6.70. The van der Waals surface area contributed by atoms with E-state index in [2.05, 4.69) is 61.0 Å². The van der Waals surface area contributed by atoms with E-state index >= 15 is 0 Å². The second-order valence-corrected chi connectivity index (χ2v) is 6.70. The summed E-state index contributed by atoms with van der Waals surface area (Å²) in [7, 11) is 0. The Hall–Kier alpha value is -2.90. The molecule has 0 saturated heterocycles. The van der Waals surface area contributed by atoms with E-state index in [1.807, 2.05) is 18.3 Å². The fraction of sp³-hybridized carbons (Fsp3) is 0.300. The number of benzene rings is 1. The zero-order valence-corrected chi connectivity index (χ0v) is 15.3. The predicted octanol–water partition coefficient (Wildman–Crippen LogP) is 2.65. The highest BCUT2D eigenvalue weighted by Gasteiger charge is 2.08. The average Bonchev–Trinajstić information content (AvgIpc) is 2.70. The van der Waals surface area contributed by atoms with Crippen LogP contribution in [0, 0.1) is 0 Å². The van der Waals surface area contributed by atoms with Crippen molar-refractivity contribution in [3.8, 4) is 11.4 Å². The van der Waals surface area contributed by atoms with Gasteiger partial charge >= 0.3 is 0 Å². The molecule has 1 aliphatic rings. The Morgan fingerprint density at radius 3 is 2.96 bits per heavy atom. The van der Waals surface area contributed by atoms with Crippen LogP contribution in [-0.4, -0.2) is 32.6 Å². The number of aromatic nitrogens is 4. The number of rotatable bonds is 0. The SMILES string of the molecule is CC1NCCCc2cncc(c2)-c2ncnc(n2)Nc2cccc(c2)CN1. The van der Waals surface area contributed by atoms with E-state index in [4.69, 9.17) is 0 Å². The van der Waals surface area contributed by atoms with Crippen molar-refractivity contribution < 1.29 is 0 Å². The first-order chi connectivity index (χ1) is 13.3. The summed E-state index contributed by atoms with van der Waals surface area (Å²) < 4.78 is 0. The quantitative estimate of drug-likeness (QED) is 0.567. The van der Waals surface area contributed by atoms with E-state index in [9.17, 15) is 0 Å². The van der Waals surface area contributed by atoms with Crippen LogP contribution >= 0.6 is 0 Å². The molecule has 1 aliphatic heterocycles. The molecular weight excluding hydrogens is 338 g/mol. The van der Waals surface area contributed by atoms with Crippen LogP contribution in [0.25, 0.3) is 11.4 Å². The van der Waals surface area contributed by atoms with Gasteiger partial charge in [-0.15, -0.1) is 0 Å². The molecule has 2 aromatic heterocycles. The van der Waals surface area contributed by atoms with Gasteiger partial charge in [0.1, 0.15) is 6.33 Å². The molecule has 3 aromatic rings. The molecule has 138 valence electrons. The minimum absolute atomic E-state index is 0.240. The third kappa shape index (κ3) is 4.64. The van der Waals surface area contributed by atoms with Crippen molar-refractivity contribution in [1.82, 2.24) is 30.6 Å². The number of aryl methyl sites for hydroxylation is 1. The van der Waals surface area contributed by atoms with Gasteiger partial charge in [0, 0.05) is 30.2 Å². The van der Waals surface area contributed by atoms with Crippen molar-refractivity contribution in [1.29, 1.82) is 0 Å². The molecule has 1 aromatic carbocycles. The fourth-order valence-electron chi connectivity index (χ4n) is 3.08. The lowest BCUT2D eigenvalue weighted by molar-refractivity contribution is 0.448. The monoisotopic (exact) mass is 361 g/mol. The summed E-state index contributed by atoms with van der Waals surface area (Å²) in [6.45, 7) is 3.87. The van der Waals surface area contributed by atoms with E-state index in [1.165, 1.54) is 17.5 Å². The fourth-order valence-corrected chi connectivity index (χ4v) is 3.08. The number of nitrogens with one attached hydrogen (secondary N) is 3. The molecule has 7 nitrogen and oxygen atoms in total. The van der Waals surface area contributed by atoms with Gasteiger partial charge in [-0.25, -0.2) is 9.97 Å². The number of fused-ring (bicyclic) bond motifs is 7. The van der Waals surface area contributed by atoms with Gasteiger partial charge in [-0.2, -0.15) is 4.98 Å². The van der Waals surface area contributed by atoms with Crippen LogP contribution in [0.1, 0.15) is 24.5 Å². The van der Waals surface area contributed by atoms with Gasteiger partial charge < -0.3 is 10.6 Å². The molecule has 0 spiro atoms. The first kappa shape index (κ1) is 17.5. The summed E-state index contributed by atoms with van der Waals surface area (Å²) in [4.78, 5) is 17.5. The van der Waals surface area contributed by atoms with Crippen LogP contribution in [0.2, 0.25) is 0 Å². The van der Waals surface area contributed by atoms with Crippen LogP contribution in [0.3, 0.4) is 0 Å². The molecule has 4 rings (SSSR count). The maximum absolute atomic E-state index is 4.56. The van der Waals surface area contributed by atoms with Gasteiger partial charge in [0.2, 0.25) is 5.95 Å². The molecule has 1 atom stereocenters. The first-order valence-corrected chi connectivity index (χ1v) is 9.22. The maximum atomic E-state index is 4.56. The second kappa shape index (κ2) is 8.20. The lowest BCUT2D eigenvalue weighted by Gasteiger charge is -2.16. The summed E-state index contributed by atoms with van der Waals surface area (Å²) in [5.74, 6) is 1.14. The topological polar surface area (TPSA) is 87.7 Å². The van der Waals surface area contributed by atoms with E-state index < -0.39 is 0 Å². The average molecular weight is 361 g/mol. The Balaban J connectivity index is 1.67. The molecule has 3 heterocycles. The van der Waals surface area contributed by atoms with Crippen LogP contribution < -0.4 is 16.0 Å². The van der Waals surface area contributed by atoms with Crippen LogP contribution in [0.5, 0.6) is 0 Å². The van der Waals surface area contributed by atoms with Crippen molar-refractivity contribution in [2.24, 2.45) is 0 Å². The molecule has 0 saturated carbocycles. The summed E-state index contributed by atoms with van der Waals surface area (Å²) in [6.07, 6.45) is 7.47. The van der Waals surface area contributed by atoms with Crippen molar-refractivity contribution >= 4 is 11.6 Å². The Morgan fingerprint density at radius 1 is 1.04 bits per heavy atom. The zero-order chi connectivity index (χ0) is 18.5. The Bertz CT molecular complexity index is 912. The molecule has 0 aliphatic carbocycles. The van der Waals surface area contributed by atoms with Gasteiger partial charge in [0.25, 0.3) is 0 Å². The van der Waals surface area contributed by atoms with Crippen molar-refractivity contribution in [3.63, 3.8) is 0 Å². The van der Waals surface area contributed by atoms with Gasteiger partial charge in [0.05, 0.1) is 6.17 Å². The largest absolute Gasteiger partial charge is 0.324 e. The Labute approximate surface area is 158 Å². The molecule has 0 radical (unpaired) electrons. The smallest absolute Gasteiger partial charge is 0.230 e. The lowest BCUT2D eigenvalue weighted by Crippen LogP contribution is -2.39. The first-order valence-electron chi connectivity index (χ1n) is 9.22. The Morgan fingerprint density at radius 2 is 2.00 bits per heavy atom. The van der Waals surface area contributed by atoms with Crippen LogP contribution in [0.4, 0.5) is 11.6 Å².